The van der Waals surface area contributed by atoms with Gasteiger partial charge in [0, 0.05) is 0 Å². The highest BCUT2D eigenvalue weighted by atomic mass is 79.9. The lowest BCUT2D eigenvalue weighted by molar-refractivity contribution is 0.254. The fourth-order valence-electron chi connectivity index (χ4n) is 3.39. The van der Waals surface area contributed by atoms with Gasteiger partial charge in [-0.25, -0.2) is 0 Å². The normalized spacial score (nSPS) is 12.6. The molecule has 0 aromatic heterocycles. The van der Waals surface area contributed by atoms with Crippen LogP contribution in [0.3, 0.4) is 0 Å². The first-order valence-corrected chi connectivity index (χ1v) is 12.0. The van der Waals surface area contributed by atoms with Gasteiger partial charge < -0.3 is 5.11 Å². The van der Waals surface area contributed by atoms with Crippen LogP contribution in [-0.4, -0.2) is 10.1 Å². The molecule has 0 amide bonds. The number of unbranched alkanes of at least 4 members (excludes halogenated alkanes) is 18. The van der Waals surface area contributed by atoms with E-state index in [0.29, 0.717) is 0 Å². The molecular weight excluding hydrogens is 360 g/mol. The van der Waals surface area contributed by atoms with E-state index in [9.17, 15) is 0 Å². The molecule has 1 atom stereocenters. The van der Waals surface area contributed by atoms with Crippen molar-refractivity contribution in [1.29, 1.82) is 0 Å². The zero-order chi connectivity index (χ0) is 17.7. The number of hydrogen-bond acceptors (Lipinski definition) is 1. The Morgan fingerprint density at radius 2 is 0.750 bits per heavy atom. The molecule has 1 unspecified atom stereocenters. The summed E-state index contributed by atoms with van der Waals surface area (Å²) in [5.74, 6) is 0. The average molecular weight is 406 g/mol. The van der Waals surface area contributed by atoms with Crippen molar-refractivity contribution in [2.75, 3.05) is 0 Å². The lowest BCUT2D eigenvalue weighted by Crippen LogP contribution is -1.93. The van der Waals surface area contributed by atoms with Gasteiger partial charge in [0.1, 0.15) is 5.01 Å². The van der Waals surface area contributed by atoms with Crippen molar-refractivity contribution in [1.82, 2.24) is 0 Å². The van der Waals surface area contributed by atoms with Crippen LogP contribution in [0.25, 0.3) is 0 Å². The van der Waals surface area contributed by atoms with Crippen LogP contribution in [0.5, 0.6) is 0 Å². The second-order valence-corrected chi connectivity index (χ2v) is 8.64. The van der Waals surface area contributed by atoms with Gasteiger partial charge in [-0.05, 0) is 12.8 Å². The Kier molecular flexibility index (Phi) is 21.9. The van der Waals surface area contributed by atoms with Crippen LogP contribution in [-0.2, 0) is 0 Å². The number of aliphatic hydroxyl groups excluding tert-OH is 1. The van der Waals surface area contributed by atoms with Crippen molar-refractivity contribution in [3.8, 4) is 0 Å². The number of hydrogen-bond donors (Lipinski definition) is 1. The van der Waals surface area contributed by atoms with Gasteiger partial charge in [-0.15, -0.1) is 0 Å². The lowest BCUT2D eigenvalue weighted by atomic mass is 10.0. The van der Waals surface area contributed by atoms with Crippen LogP contribution in [0.15, 0.2) is 0 Å². The highest BCUT2D eigenvalue weighted by Crippen LogP contribution is 2.15. The Morgan fingerprint density at radius 3 is 1.00 bits per heavy atom. The first-order valence-electron chi connectivity index (χ1n) is 11.1. The van der Waals surface area contributed by atoms with E-state index in [0.717, 1.165) is 12.8 Å². The monoisotopic (exact) mass is 404 g/mol. The maximum Gasteiger partial charge on any atom is 0.109 e. The van der Waals surface area contributed by atoms with Gasteiger partial charge in [-0.3, -0.25) is 0 Å². The van der Waals surface area contributed by atoms with Crippen LogP contribution in [0.1, 0.15) is 135 Å². The second kappa shape index (κ2) is 21.5. The summed E-state index contributed by atoms with van der Waals surface area (Å²) in [7, 11) is 0. The third kappa shape index (κ3) is 22.4. The van der Waals surface area contributed by atoms with Gasteiger partial charge in [0.2, 0.25) is 0 Å². The molecule has 146 valence electrons. The highest BCUT2D eigenvalue weighted by molar-refractivity contribution is 9.09. The molecule has 0 aromatic carbocycles. The molecule has 0 spiro atoms. The average Bonchev–Trinajstić information content (AvgIpc) is 2.56. The summed E-state index contributed by atoms with van der Waals surface area (Å²) >= 11 is 3.18. The molecule has 0 heterocycles. The molecule has 0 radical (unpaired) electrons. The smallest absolute Gasteiger partial charge is 0.109 e. The molecule has 0 aliphatic rings. The van der Waals surface area contributed by atoms with E-state index in [4.69, 9.17) is 5.11 Å². The first-order chi connectivity index (χ1) is 11.8. The molecule has 2 heteroatoms. The van der Waals surface area contributed by atoms with Gasteiger partial charge in [0.25, 0.3) is 0 Å². The van der Waals surface area contributed by atoms with E-state index in [2.05, 4.69) is 22.9 Å². The zero-order valence-corrected chi connectivity index (χ0v) is 18.1. The Balaban J connectivity index is 2.95. The SMILES string of the molecule is CCCCCCCCCCCCCCCCCCCCCC(O)Br. The van der Waals surface area contributed by atoms with Crippen molar-refractivity contribution in [2.45, 2.75) is 140 Å². The second-order valence-electron chi connectivity index (χ2n) is 7.59. The van der Waals surface area contributed by atoms with E-state index >= 15 is 0 Å². The van der Waals surface area contributed by atoms with Gasteiger partial charge in [0.05, 0.1) is 0 Å². The Hall–Kier alpha value is 0.440. The molecule has 1 nitrogen and oxygen atoms in total. The standard InChI is InChI=1S/C22H45BrO/c1-2-3-4-5-6-7-8-9-10-11-12-13-14-15-16-17-18-19-20-21-22(23)24/h22,24H,2-21H2,1H3. The third-order valence-electron chi connectivity index (χ3n) is 5.05. The number of halogens is 1. The molecule has 0 rings (SSSR count). The van der Waals surface area contributed by atoms with Crippen LogP contribution in [0, 0.1) is 0 Å². The van der Waals surface area contributed by atoms with Gasteiger partial charge in [0.15, 0.2) is 0 Å². The molecule has 0 saturated heterocycles. The third-order valence-corrected chi connectivity index (χ3v) is 5.50. The molecule has 0 aromatic rings. The minimum Gasteiger partial charge on any atom is -0.382 e. The first kappa shape index (κ1) is 24.4. The Morgan fingerprint density at radius 1 is 0.500 bits per heavy atom. The molecule has 0 saturated carbocycles. The molecule has 24 heavy (non-hydrogen) atoms. The molecule has 0 fully saturated rings. The molecular formula is C22H45BrO. The summed E-state index contributed by atoms with van der Waals surface area (Å²) in [5, 5.41) is 8.82. The van der Waals surface area contributed by atoms with Crippen LogP contribution in [0.2, 0.25) is 0 Å². The Labute approximate surface area is 161 Å². The zero-order valence-electron chi connectivity index (χ0n) is 16.5. The van der Waals surface area contributed by atoms with Crippen molar-refractivity contribution < 1.29 is 5.11 Å². The predicted octanol–water partition coefficient (Wildman–Crippen LogP) is 8.52. The predicted molar refractivity (Wildman–Crippen MR) is 113 cm³/mol. The summed E-state index contributed by atoms with van der Waals surface area (Å²) in [6.07, 6.45) is 27.8. The molecule has 0 aliphatic heterocycles. The number of aliphatic hydroxyl groups is 1. The minimum atomic E-state index is -0.289. The maximum atomic E-state index is 9.11. The van der Waals surface area contributed by atoms with Crippen molar-refractivity contribution in [3.05, 3.63) is 0 Å². The van der Waals surface area contributed by atoms with E-state index in [-0.39, 0.29) is 5.01 Å². The van der Waals surface area contributed by atoms with Crippen LogP contribution < -0.4 is 0 Å². The van der Waals surface area contributed by atoms with E-state index in [1.165, 1.54) is 116 Å². The number of alkyl halides is 1. The number of rotatable bonds is 20. The largest absolute Gasteiger partial charge is 0.382 e. The van der Waals surface area contributed by atoms with Crippen molar-refractivity contribution >= 4 is 15.9 Å². The van der Waals surface area contributed by atoms with Crippen molar-refractivity contribution in [3.63, 3.8) is 0 Å². The van der Waals surface area contributed by atoms with E-state index in [1.807, 2.05) is 0 Å². The van der Waals surface area contributed by atoms with Crippen molar-refractivity contribution in [2.24, 2.45) is 0 Å². The van der Waals surface area contributed by atoms with Gasteiger partial charge in [-0.2, -0.15) is 0 Å². The van der Waals surface area contributed by atoms with Gasteiger partial charge in [-0.1, -0.05) is 138 Å². The van der Waals surface area contributed by atoms with E-state index in [1.54, 1.807) is 0 Å². The minimum absolute atomic E-state index is 0.289. The molecule has 0 bridgehead atoms. The summed E-state index contributed by atoms with van der Waals surface area (Å²) in [6.45, 7) is 2.29. The highest BCUT2D eigenvalue weighted by Gasteiger charge is 1.97. The molecule has 1 N–H and O–H groups in total. The fraction of sp³-hybridized carbons (Fsp3) is 1.00. The topological polar surface area (TPSA) is 20.2 Å². The summed E-state index contributed by atoms with van der Waals surface area (Å²) in [5.41, 5.74) is 0. The van der Waals surface area contributed by atoms with Crippen LogP contribution >= 0.6 is 15.9 Å². The Bertz CT molecular complexity index is 218. The summed E-state index contributed by atoms with van der Waals surface area (Å²) < 4.78 is 0. The molecule has 0 aliphatic carbocycles. The van der Waals surface area contributed by atoms with Gasteiger partial charge >= 0.3 is 0 Å². The quantitative estimate of drug-likeness (QED) is 0.159. The van der Waals surface area contributed by atoms with Crippen LogP contribution in [0.4, 0.5) is 0 Å². The lowest BCUT2D eigenvalue weighted by Gasteiger charge is -2.04. The summed E-state index contributed by atoms with van der Waals surface area (Å²) in [6, 6.07) is 0. The summed E-state index contributed by atoms with van der Waals surface area (Å²) in [4.78, 5) is 0. The maximum absolute atomic E-state index is 9.11. The fourth-order valence-corrected chi connectivity index (χ4v) is 3.71. The van der Waals surface area contributed by atoms with E-state index < -0.39 is 0 Å².